The van der Waals surface area contributed by atoms with Gasteiger partial charge in [0, 0.05) is 6.42 Å². The Morgan fingerprint density at radius 3 is 2.80 bits per heavy atom. The first kappa shape index (κ1) is 10.9. The molecule has 3 heteroatoms. The van der Waals surface area contributed by atoms with E-state index in [2.05, 4.69) is 41.6 Å². The molecule has 1 saturated heterocycles. The molecule has 1 aromatic carbocycles. The number of hydrogen-bond acceptors (Lipinski definition) is 2. The van der Waals surface area contributed by atoms with Crippen molar-refractivity contribution in [3.8, 4) is 0 Å². The maximum absolute atomic E-state index is 11.0. The third-order valence-corrected chi connectivity index (χ3v) is 4.20. The van der Waals surface area contributed by atoms with Crippen LogP contribution in [0.4, 0.5) is 0 Å². The number of alkyl halides is 1. The molecule has 1 fully saturated rings. The number of benzene rings is 1. The minimum atomic E-state index is -0.0600. The molecule has 0 spiro atoms. The average Bonchev–Trinajstić information content (AvgIpc) is 2.65. The Morgan fingerprint density at radius 1 is 1.47 bits per heavy atom. The molecule has 15 heavy (non-hydrogen) atoms. The summed E-state index contributed by atoms with van der Waals surface area (Å²) in [5.74, 6) is -0.0600. The summed E-state index contributed by atoms with van der Waals surface area (Å²) in [6, 6.07) is 8.27. The predicted molar refractivity (Wildman–Crippen MR) is 67.1 cm³/mol. The smallest absolute Gasteiger partial charge is 0.306 e. The fourth-order valence-corrected chi connectivity index (χ4v) is 3.05. The number of carbonyl (C=O) groups is 1. The summed E-state index contributed by atoms with van der Waals surface area (Å²) in [5.41, 5.74) is 2.54. The molecule has 2 atom stereocenters. The Morgan fingerprint density at radius 2 is 2.20 bits per heavy atom. The van der Waals surface area contributed by atoms with Crippen molar-refractivity contribution in [2.45, 2.75) is 29.8 Å². The number of ether oxygens (including phenoxy) is 1. The maximum atomic E-state index is 11.0. The zero-order chi connectivity index (χ0) is 10.8. The van der Waals surface area contributed by atoms with E-state index in [0.29, 0.717) is 6.42 Å². The number of halogens is 1. The summed E-state index contributed by atoms with van der Waals surface area (Å²) in [6.07, 6.45) is 1.47. The van der Waals surface area contributed by atoms with Crippen molar-refractivity contribution in [1.82, 2.24) is 0 Å². The lowest BCUT2D eigenvalue weighted by atomic mass is 10.0. The maximum Gasteiger partial charge on any atom is 0.306 e. The first-order valence-electron chi connectivity index (χ1n) is 5.07. The second-order valence-electron chi connectivity index (χ2n) is 3.83. The van der Waals surface area contributed by atoms with E-state index in [1.165, 1.54) is 11.1 Å². The largest absolute Gasteiger partial charge is 0.461 e. The van der Waals surface area contributed by atoms with Crippen LogP contribution in [0.5, 0.6) is 0 Å². The van der Waals surface area contributed by atoms with Crippen LogP contribution >= 0.6 is 22.6 Å². The molecule has 1 aliphatic heterocycles. The van der Waals surface area contributed by atoms with Gasteiger partial charge in [-0.15, -0.1) is 0 Å². The fourth-order valence-electron chi connectivity index (χ4n) is 1.85. The molecule has 0 saturated carbocycles. The van der Waals surface area contributed by atoms with Crippen LogP contribution in [0.2, 0.25) is 0 Å². The molecule has 0 bridgehead atoms. The van der Waals surface area contributed by atoms with Crippen molar-refractivity contribution < 1.29 is 9.53 Å². The van der Waals surface area contributed by atoms with Crippen molar-refractivity contribution in [3.05, 3.63) is 35.4 Å². The molecule has 0 radical (unpaired) electrons. The highest BCUT2D eigenvalue weighted by molar-refractivity contribution is 14.1. The third-order valence-electron chi connectivity index (χ3n) is 2.73. The van der Waals surface area contributed by atoms with Crippen molar-refractivity contribution in [2.75, 3.05) is 0 Å². The van der Waals surface area contributed by atoms with Crippen LogP contribution in [0.3, 0.4) is 0 Å². The van der Waals surface area contributed by atoms with Crippen LogP contribution in [0.15, 0.2) is 24.3 Å². The van der Waals surface area contributed by atoms with Gasteiger partial charge in [-0.25, -0.2) is 0 Å². The van der Waals surface area contributed by atoms with Crippen LogP contribution in [-0.4, -0.2) is 12.1 Å². The zero-order valence-electron chi connectivity index (χ0n) is 8.57. The first-order valence-corrected chi connectivity index (χ1v) is 6.32. The van der Waals surface area contributed by atoms with Crippen molar-refractivity contribution in [2.24, 2.45) is 0 Å². The second kappa shape index (κ2) is 4.51. The highest BCUT2D eigenvalue weighted by atomic mass is 127. The molecule has 0 aliphatic carbocycles. The minimum Gasteiger partial charge on any atom is -0.461 e. The van der Waals surface area contributed by atoms with Crippen LogP contribution in [-0.2, 0) is 9.53 Å². The van der Waals surface area contributed by atoms with E-state index in [4.69, 9.17) is 4.74 Å². The quantitative estimate of drug-likeness (QED) is 0.476. The Bertz CT molecular complexity index is 376. The molecule has 1 aliphatic rings. The SMILES string of the molecule is Cc1ccccc1C(I)C1CCC(=O)O1. The summed E-state index contributed by atoms with van der Waals surface area (Å²) in [4.78, 5) is 11.0. The van der Waals surface area contributed by atoms with E-state index < -0.39 is 0 Å². The highest BCUT2D eigenvalue weighted by Crippen LogP contribution is 2.36. The molecule has 80 valence electrons. The minimum absolute atomic E-state index is 0.0548. The first-order chi connectivity index (χ1) is 7.18. The molecule has 0 N–H and O–H groups in total. The molecular formula is C12H13IO2. The van der Waals surface area contributed by atoms with Gasteiger partial charge in [0.2, 0.25) is 0 Å². The molecule has 0 aromatic heterocycles. The van der Waals surface area contributed by atoms with Gasteiger partial charge < -0.3 is 4.74 Å². The van der Waals surface area contributed by atoms with Crippen LogP contribution < -0.4 is 0 Å². The summed E-state index contributed by atoms with van der Waals surface area (Å²) < 4.78 is 5.56. The topological polar surface area (TPSA) is 26.3 Å². The van der Waals surface area contributed by atoms with Gasteiger partial charge in [0.25, 0.3) is 0 Å². The van der Waals surface area contributed by atoms with Crippen molar-refractivity contribution >= 4 is 28.6 Å². The number of aryl methyl sites for hydroxylation is 1. The summed E-state index contributed by atoms with van der Waals surface area (Å²) in [6.45, 7) is 2.10. The highest BCUT2D eigenvalue weighted by Gasteiger charge is 2.30. The van der Waals surface area contributed by atoms with Crippen LogP contribution in [0.1, 0.15) is 27.9 Å². The number of carbonyl (C=O) groups excluding carboxylic acids is 1. The Balaban J connectivity index is 2.17. The lowest BCUT2D eigenvalue weighted by Crippen LogP contribution is -2.14. The fraction of sp³-hybridized carbons (Fsp3) is 0.417. The third kappa shape index (κ3) is 2.33. The Kier molecular flexibility index (Phi) is 3.29. The molecule has 2 nitrogen and oxygen atoms in total. The van der Waals surface area contributed by atoms with E-state index in [1.807, 2.05) is 12.1 Å². The summed E-state index contributed by atoms with van der Waals surface area (Å²) in [5, 5.41) is 0. The number of esters is 1. The van der Waals surface area contributed by atoms with Crippen LogP contribution in [0, 0.1) is 6.92 Å². The molecule has 1 heterocycles. The lowest BCUT2D eigenvalue weighted by molar-refractivity contribution is -0.141. The van der Waals surface area contributed by atoms with E-state index in [0.717, 1.165) is 6.42 Å². The van der Waals surface area contributed by atoms with E-state index >= 15 is 0 Å². The van der Waals surface area contributed by atoms with Gasteiger partial charge in [-0.2, -0.15) is 0 Å². The zero-order valence-corrected chi connectivity index (χ0v) is 10.7. The van der Waals surface area contributed by atoms with Gasteiger partial charge in [-0.1, -0.05) is 46.9 Å². The van der Waals surface area contributed by atoms with Gasteiger partial charge in [-0.3, -0.25) is 4.79 Å². The average molecular weight is 316 g/mol. The van der Waals surface area contributed by atoms with Crippen molar-refractivity contribution in [3.63, 3.8) is 0 Å². The molecule has 2 unspecified atom stereocenters. The predicted octanol–water partition coefficient (Wildman–Crippen LogP) is 3.18. The van der Waals surface area contributed by atoms with Crippen LogP contribution in [0.25, 0.3) is 0 Å². The Hall–Kier alpha value is -0.580. The van der Waals surface area contributed by atoms with Gasteiger partial charge >= 0.3 is 5.97 Å². The Labute approximate surface area is 103 Å². The van der Waals surface area contributed by atoms with Gasteiger partial charge in [0.15, 0.2) is 0 Å². The number of hydrogen-bond donors (Lipinski definition) is 0. The summed E-state index contributed by atoms with van der Waals surface area (Å²) >= 11 is 2.37. The molecule has 2 rings (SSSR count). The molecule has 0 amide bonds. The van der Waals surface area contributed by atoms with Gasteiger partial charge in [0.1, 0.15) is 6.10 Å². The van der Waals surface area contributed by atoms with E-state index in [-0.39, 0.29) is 16.0 Å². The standard InChI is InChI=1S/C12H13IO2/c1-8-4-2-3-5-9(8)12(13)10-6-7-11(14)15-10/h2-5,10,12H,6-7H2,1H3. The monoisotopic (exact) mass is 316 g/mol. The van der Waals surface area contributed by atoms with Gasteiger partial charge in [0.05, 0.1) is 3.92 Å². The number of cyclic esters (lactones) is 1. The molecule has 1 aromatic rings. The summed E-state index contributed by atoms with van der Waals surface area (Å²) in [7, 11) is 0. The van der Waals surface area contributed by atoms with E-state index in [9.17, 15) is 4.79 Å². The second-order valence-corrected chi connectivity index (χ2v) is 5.17. The van der Waals surface area contributed by atoms with E-state index in [1.54, 1.807) is 0 Å². The van der Waals surface area contributed by atoms with Crippen molar-refractivity contribution in [1.29, 1.82) is 0 Å². The normalized spacial score (nSPS) is 22.5. The number of rotatable bonds is 2. The van der Waals surface area contributed by atoms with Gasteiger partial charge in [-0.05, 0) is 24.5 Å². The lowest BCUT2D eigenvalue weighted by Gasteiger charge is -2.18. The molecular weight excluding hydrogens is 303 g/mol.